The van der Waals surface area contributed by atoms with Gasteiger partial charge in [-0.2, -0.15) is 0 Å². The molecule has 0 amide bonds. The first-order valence-electron chi connectivity index (χ1n) is 4.10. The first-order valence-corrected chi connectivity index (χ1v) is 4.89. The molecule has 0 N–H and O–H groups in total. The number of hydrogen-bond acceptors (Lipinski definition) is 1. The van der Waals surface area contributed by atoms with E-state index < -0.39 is 0 Å². The van der Waals surface area contributed by atoms with E-state index in [1.54, 1.807) is 6.92 Å². The first kappa shape index (κ1) is 10.2. The summed E-state index contributed by atoms with van der Waals surface area (Å²) in [6, 6.07) is 7.96. The standard InChI is InChI=1S/C11H11BrO/c1-9(13)3-2-4-10-5-7-11(12)8-6-10/h2,4-8H,3H2,1H3/b4-2+. The molecule has 0 saturated heterocycles. The summed E-state index contributed by atoms with van der Waals surface area (Å²) in [5.74, 6) is 0.188. The average molecular weight is 239 g/mol. The van der Waals surface area contributed by atoms with Crippen LogP contribution in [0.5, 0.6) is 0 Å². The van der Waals surface area contributed by atoms with Crippen molar-refractivity contribution in [2.24, 2.45) is 0 Å². The lowest BCUT2D eigenvalue weighted by Gasteiger charge is -1.92. The summed E-state index contributed by atoms with van der Waals surface area (Å²) in [6.07, 6.45) is 4.34. The molecule has 0 atom stereocenters. The van der Waals surface area contributed by atoms with Gasteiger partial charge in [0.25, 0.3) is 0 Å². The Labute approximate surface area is 86.6 Å². The Hall–Kier alpha value is -0.890. The van der Waals surface area contributed by atoms with Crippen LogP contribution >= 0.6 is 15.9 Å². The number of rotatable bonds is 3. The van der Waals surface area contributed by atoms with Gasteiger partial charge in [-0.25, -0.2) is 0 Å². The maximum Gasteiger partial charge on any atom is 0.133 e. The summed E-state index contributed by atoms with van der Waals surface area (Å²) < 4.78 is 1.07. The van der Waals surface area contributed by atoms with Gasteiger partial charge < -0.3 is 0 Å². The Morgan fingerprint density at radius 3 is 2.54 bits per heavy atom. The van der Waals surface area contributed by atoms with Crippen molar-refractivity contribution < 1.29 is 4.79 Å². The second-order valence-electron chi connectivity index (χ2n) is 2.86. The van der Waals surface area contributed by atoms with Crippen molar-refractivity contribution >= 4 is 27.8 Å². The van der Waals surface area contributed by atoms with Gasteiger partial charge >= 0.3 is 0 Å². The Kier molecular flexibility index (Phi) is 3.90. The Bertz CT molecular complexity index is 311. The maximum atomic E-state index is 10.6. The molecular weight excluding hydrogens is 228 g/mol. The minimum Gasteiger partial charge on any atom is -0.300 e. The number of allylic oxidation sites excluding steroid dienone is 1. The van der Waals surface area contributed by atoms with Crippen molar-refractivity contribution in [3.63, 3.8) is 0 Å². The van der Waals surface area contributed by atoms with Gasteiger partial charge in [-0.15, -0.1) is 0 Å². The van der Waals surface area contributed by atoms with Gasteiger partial charge in [-0.05, 0) is 24.6 Å². The van der Waals surface area contributed by atoms with E-state index in [4.69, 9.17) is 0 Å². The van der Waals surface area contributed by atoms with Crippen LogP contribution in [0.2, 0.25) is 0 Å². The van der Waals surface area contributed by atoms with Crippen molar-refractivity contribution in [3.05, 3.63) is 40.4 Å². The van der Waals surface area contributed by atoms with Crippen LogP contribution in [0.4, 0.5) is 0 Å². The molecule has 0 spiro atoms. The lowest BCUT2D eigenvalue weighted by molar-refractivity contribution is -0.116. The number of carbonyl (C=O) groups excluding carboxylic acids is 1. The third-order valence-electron chi connectivity index (χ3n) is 1.59. The third kappa shape index (κ3) is 4.04. The summed E-state index contributed by atoms with van der Waals surface area (Å²) in [4.78, 5) is 10.6. The molecule has 2 heteroatoms. The largest absolute Gasteiger partial charge is 0.300 e. The molecule has 0 radical (unpaired) electrons. The number of Topliss-reactive ketones (excluding diaryl/α,β-unsaturated/α-hetero) is 1. The lowest BCUT2D eigenvalue weighted by atomic mass is 10.2. The molecule has 1 aromatic carbocycles. The fourth-order valence-electron chi connectivity index (χ4n) is 0.935. The molecule has 68 valence electrons. The predicted octanol–water partition coefficient (Wildman–Crippen LogP) is 3.44. The molecule has 1 nitrogen and oxygen atoms in total. The third-order valence-corrected chi connectivity index (χ3v) is 2.11. The second kappa shape index (κ2) is 4.97. The molecule has 0 fully saturated rings. The molecule has 0 aliphatic rings. The number of hydrogen-bond donors (Lipinski definition) is 0. The molecule has 0 bridgehead atoms. The van der Waals surface area contributed by atoms with E-state index in [0.717, 1.165) is 10.0 Å². The number of ketones is 1. The van der Waals surface area contributed by atoms with Crippen LogP contribution in [0.1, 0.15) is 18.9 Å². The Morgan fingerprint density at radius 1 is 1.38 bits per heavy atom. The zero-order chi connectivity index (χ0) is 9.68. The maximum absolute atomic E-state index is 10.6. The smallest absolute Gasteiger partial charge is 0.133 e. The molecule has 1 rings (SSSR count). The van der Waals surface area contributed by atoms with Crippen molar-refractivity contribution in [2.45, 2.75) is 13.3 Å². The van der Waals surface area contributed by atoms with Crippen molar-refractivity contribution in [2.75, 3.05) is 0 Å². The topological polar surface area (TPSA) is 17.1 Å². The van der Waals surface area contributed by atoms with Gasteiger partial charge in [-0.1, -0.05) is 40.2 Å². The average Bonchev–Trinajstić information content (AvgIpc) is 2.08. The molecule has 0 aliphatic carbocycles. The van der Waals surface area contributed by atoms with Crippen molar-refractivity contribution in [3.8, 4) is 0 Å². The van der Waals surface area contributed by atoms with Crippen LogP contribution in [0.25, 0.3) is 6.08 Å². The highest BCUT2D eigenvalue weighted by Crippen LogP contribution is 2.11. The van der Waals surface area contributed by atoms with E-state index >= 15 is 0 Å². The molecule has 0 saturated carbocycles. The van der Waals surface area contributed by atoms with Crippen LogP contribution < -0.4 is 0 Å². The van der Waals surface area contributed by atoms with Crippen LogP contribution in [0.3, 0.4) is 0 Å². The normalized spacial score (nSPS) is 10.6. The van der Waals surface area contributed by atoms with E-state index in [9.17, 15) is 4.79 Å². The van der Waals surface area contributed by atoms with Crippen molar-refractivity contribution in [1.82, 2.24) is 0 Å². The SMILES string of the molecule is CC(=O)C/C=C/c1ccc(Br)cc1. The highest BCUT2D eigenvalue weighted by Gasteiger charge is 1.88. The summed E-state index contributed by atoms with van der Waals surface area (Å²) in [7, 11) is 0. The lowest BCUT2D eigenvalue weighted by Crippen LogP contribution is -1.83. The zero-order valence-corrected chi connectivity index (χ0v) is 9.04. The van der Waals surface area contributed by atoms with Gasteiger partial charge in [-0.3, -0.25) is 4.79 Å². The molecule has 13 heavy (non-hydrogen) atoms. The van der Waals surface area contributed by atoms with Crippen molar-refractivity contribution in [1.29, 1.82) is 0 Å². The highest BCUT2D eigenvalue weighted by atomic mass is 79.9. The number of carbonyl (C=O) groups is 1. The van der Waals surface area contributed by atoms with Crippen LogP contribution in [-0.4, -0.2) is 5.78 Å². The van der Waals surface area contributed by atoms with Crippen LogP contribution in [-0.2, 0) is 4.79 Å². The quantitative estimate of drug-likeness (QED) is 0.789. The van der Waals surface area contributed by atoms with Crippen LogP contribution in [0.15, 0.2) is 34.8 Å². The molecule has 0 aliphatic heterocycles. The van der Waals surface area contributed by atoms with E-state index in [1.807, 2.05) is 36.4 Å². The summed E-state index contributed by atoms with van der Waals surface area (Å²) in [6.45, 7) is 1.59. The predicted molar refractivity (Wildman–Crippen MR) is 58.5 cm³/mol. The minimum absolute atomic E-state index is 0.188. The van der Waals surface area contributed by atoms with Crippen LogP contribution in [0, 0.1) is 0 Å². The minimum atomic E-state index is 0.188. The molecular formula is C11H11BrO. The molecule has 0 aromatic heterocycles. The van der Waals surface area contributed by atoms with E-state index in [2.05, 4.69) is 15.9 Å². The number of halogens is 1. The van der Waals surface area contributed by atoms with E-state index in [1.165, 1.54) is 0 Å². The fraction of sp³-hybridized carbons (Fsp3) is 0.182. The summed E-state index contributed by atoms with van der Waals surface area (Å²) in [5.41, 5.74) is 1.12. The molecule has 0 heterocycles. The second-order valence-corrected chi connectivity index (χ2v) is 3.78. The fourth-order valence-corrected chi connectivity index (χ4v) is 1.20. The Morgan fingerprint density at radius 2 is 2.00 bits per heavy atom. The van der Waals surface area contributed by atoms with Gasteiger partial charge in [0.2, 0.25) is 0 Å². The van der Waals surface area contributed by atoms with Gasteiger partial charge in [0.15, 0.2) is 0 Å². The number of benzene rings is 1. The summed E-state index contributed by atoms with van der Waals surface area (Å²) >= 11 is 3.36. The Balaban J connectivity index is 2.59. The zero-order valence-electron chi connectivity index (χ0n) is 7.46. The van der Waals surface area contributed by atoms with Gasteiger partial charge in [0.1, 0.15) is 5.78 Å². The molecule has 1 aromatic rings. The monoisotopic (exact) mass is 238 g/mol. The summed E-state index contributed by atoms with van der Waals surface area (Å²) in [5, 5.41) is 0. The van der Waals surface area contributed by atoms with E-state index in [0.29, 0.717) is 6.42 Å². The van der Waals surface area contributed by atoms with Gasteiger partial charge in [0.05, 0.1) is 0 Å². The molecule has 0 unspecified atom stereocenters. The van der Waals surface area contributed by atoms with Gasteiger partial charge in [0, 0.05) is 10.9 Å². The first-order chi connectivity index (χ1) is 6.18. The highest BCUT2D eigenvalue weighted by molar-refractivity contribution is 9.10. The van der Waals surface area contributed by atoms with E-state index in [-0.39, 0.29) is 5.78 Å².